The normalized spacial score (nSPS) is 10.4. The van der Waals surface area contributed by atoms with Gasteiger partial charge in [0.1, 0.15) is 23.0 Å². The largest absolute Gasteiger partial charge is 0.438 e. The van der Waals surface area contributed by atoms with Crippen LogP contribution in [0.5, 0.6) is 23.0 Å². The maximum absolute atomic E-state index is 12.2. The summed E-state index contributed by atoms with van der Waals surface area (Å²) in [6.45, 7) is 0. The number of carbonyl (C=O) groups is 4. The molecule has 0 saturated heterocycles. The first-order valence-corrected chi connectivity index (χ1v) is 10.4. The van der Waals surface area contributed by atoms with Crippen LogP contribution in [0.15, 0.2) is 72.8 Å². The van der Waals surface area contributed by atoms with Crippen LogP contribution in [0.1, 0.15) is 0 Å². The second-order valence-electron chi connectivity index (χ2n) is 7.15. The van der Waals surface area contributed by atoms with Gasteiger partial charge in [-0.15, -0.1) is 4.94 Å². The molecule has 0 atom stereocenters. The van der Waals surface area contributed by atoms with Gasteiger partial charge in [0.25, 0.3) is 0 Å². The minimum Gasteiger partial charge on any atom is -0.410 e. The van der Waals surface area contributed by atoms with E-state index in [9.17, 15) is 19.2 Å². The zero-order chi connectivity index (χ0) is 26.4. The number of amides is 4. The van der Waals surface area contributed by atoms with Crippen molar-refractivity contribution >= 4 is 45.9 Å². The van der Waals surface area contributed by atoms with Crippen LogP contribution < -0.4 is 41.4 Å². The monoisotopic (exact) mass is 506 g/mol. The first-order valence-electron chi connectivity index (χ1n) is 10.4. The number of fused-ring (bicyclic) bond motifs is 2. The van der Waals surface area contributed by atoms with Crippen molar-refractivity contribution in [3.05, 3.63) is 72.8 Å². The predicted octanol–water partition coefficient (Wildman–Crippen LogP) is 3.63. The van der Waals surface area contributed by atoms with Gasteiger partial charge in [-0.05, 0) is 35.0 Å². The van der Waals surface area contributed by atoms with Crippen LogP contribution in [0.2, 0.25) is 0 Å². The van der Waals surface area contributed by atoms with Crippen LogP contribution >= 0.6 is 0 Å². The van der Waals surface area contributed by atoms with Crippen molar-refractivity contribution < 1.29 is 43.1 Å². The number of hydrogen-bond donors (Lipinski definition) is 4. The van der Waals surface area contributed by atoms with Gasteiger partial charge in [0, 0.05) is 0 Å². The van der Waals surface area contributed by atoms with E-state index in [0.717, 1.165) is 0 Å². The Morgan fingerprint density at radius 1 is 0.514 bits per heavy atom. The number of nitrogens with one attached hydrogen (secondary N) is 2. The lowest BCUT2D eigenvalue weighted by molar-refractivity contribution is -0.0149. The number of nitrogens with two attached hydrogens (primary N) is 2. The number of hydroxylamine groups is 2. The van der Waals surface area contributed by atoms with Crippen molar-refractivity contribution in [3.8, 4) is 23.0 Å². The summed E-state index contributed by atoms with van der Waals surface area (Å²) in [6, 6.07) is 19.1. The van der Waals surface area contributed by atoms with Crippen molar-refractivity contribution in [2.75, 3.05) is 0 Å². The predicted molar refractivity (Wildman–Crippen MR) is 128 cm³/mol. The van der Waals surface area contributed by atoms with Gasteiger partial charge in [0.2, 0.25) is 0 Å². The van der Waals surface area contributed by atoms with Crippen molar-refractivity contribution in [1.29, 1.82) is 0 Å². The van der Waals surface area contributed by atoms with Gasteiger partial charge in [0.15, 0.2) is 0 Å². The Morgan fingerprint density at radius 2 is 0.838 bits per heavy atom. The van der Waals surface area contributed by atoms with E-state index < -0.39 is 24.4 Å². The number of rotatable bonds is 6. The summed E-state index contributed by atoms with van der Waals surface area (Å²) in [6.07, 6.45) is -4.33. The summed E-state index contributed by atoms with van der Waals surface area (Å²) < 4.78 is 20.3. The zero-order valence-corrected chi connectivity index (χ0v) is 18.8. The summed E-state index contributed by atoms with van der Waals surface area (Å²) in [4.78, 5) is 51.5. The van der Waals surface area contributed by atoms with Gasteiger partial charge < -0.3 is 30.4 Å². The summed E-state index contributed by atoms with van der Waals surface area (Å²) >= 11 is 0. The standard InChI is InChI=1S/C24H18N4O9/c25-21(29)33-15-9-1-5-13-7-3-11-17(19(13)15)35-23(31)27-37-28-24(32)36-18-12-4-8-14-6-2-10-16(20(14)18)34-22(26)30/h1-12H,(H2,25,29)(H2,26,30)(H,27,31)(H,28,32). The molecule has 0 aliphatic carbocycles. The first kappa shape index (κ1) is 24.6. The lowest BCUT2D eigenvalue weighted by Crippen LogP contribution is -2.37. The van der Waals surface area contributed by atoms with E-state index in [1.165, 1.54) is 24.3 Å². The number of carbonyl (C=O) groups excluding carboxylic acids is 4. The van der Waals surface area contributed by atoms with Crippen LogP contribution in [0.3, 0.4) is 0 Å². The maximum Gasteiger partial charge on any atom is 0.438 e. The van der Waals surface area contributed by atoms with Crippen molar-refractivity contribution in [3.63, 3.8) is 0 Å². The third kappa shape index (κ3) is 5.93. The van der Waals surface area contributed by atoms with E-state index in [1.54, 1.807) is 48.5 Å². The average Bonchev–Trinajstić information content (AvgIpc) is 2.84. The van der Waals surface area contributed by atoms with Gasteiger partial charge in [-0.3, -0.25) is 0 Å². The fourth-order valence-electron chi connectivity index (χ4n) is 3.45. The summed E-state index contributed by atoms with van der Waals surface area (Å²) in [5.41, 5.74) is 13.9. The third-order valence-corrected chi connectivity index (χ3v) is 4.75. The minimum atomic E-state index is -1.12. The molecule has 4 amide bonds. The highest BCUT2D eigenvalue weighted by Gasteiger charge is 2.16. The number of primary amides is 2. The first-order chi connectivity index (χ1) is 17.8. The van der Waals surface area contributed by atoms with E-state index >= 15 is 0 Å². The van der Waals surface area contributed by atoms with E-state index in [0.29, 0.717) is 21.5 Å². The highest BCUT2D eigenvalue weighted by molar-refractivity contribution is 5.97. The topological polar surface area (TPSA) is 191 Å². The Balaban J connectivity index is 1.39. The van der Waals surface area contributed by atoms with Crippen LogP contribution in [0, 0.1) is 0 Å². The van der Waals surface area contributed by atoms with Crippen LogP contribution in [0.4, 0.5) is 19.2 Å². The third-order valence-electron chi connectivity index (χ3n) is 4.75. The molecule has 0 saturated carbocycles. The molecule has 0 heterocycles. The van der Waals surface area contributed by atoms with E-state index in [2.05, 4.69) is 4.94 Å². The lowest BCUT2D eigenvalue weighted by atomic mass is 10.1. The number of benzene rings is 4. The molecule has 4 rings (SSSR count). The lowest BCUT2D eigenvalue weighted by Gasteiger charge is -2.12. The Kier molecular flexibility index (Phi) is 7.16. The summed E-state index contributed by atoms with van der Waals surface area (Å²) in [5, 5.41) is 1.80. The van der Waals surface area contributed by atoms with Crippen molar-refractivity contribution in [2.24, 2.45) is 11.5 Å². The van der Waals surface area contributed by atoms with Gasteiger partial charge in [-0.2, -0.15) is 11.0 Å². The second kappa shape index (κ2) is 10.8. The van der Waals surface area contributed by atoms with Gasteiger partial charge in [0.05, 0.1) is 10.8 Å². The van der Waals surface area contributed by atoms with E-state index in [-0.39, 0.29) is 23.0 Å². The molecule has 0 bridgehead atoms. The average molecular weight is 506 g/mol. The molecule has 0 aliphatic rings. The van der Waals surface area contributed by atoms with Gasteiger partial charge in [-0.1, -0.05) is 48.5 Å². The van der Waals surface area contributed by atoms with Gasteiger partial charge in [-0.25, -0.2) is 19.2 Å². The molecule has 0 fully saturated rings. The SMILES string of the molecule is NC(=O)Oc1cccc2cccc(OC(=O)NONC(=O)Oc3cccc4cccc(OC(N)=O)c34)c12. The molecule has 0 aliphatic heterocycles. The molecule has 37 heavy (non-hydrogen) atoms. The Morgan fingerprint density at radius 3 is 1.16 bits per heavy atom. The fraction of sp³-hybridized carbons (Fsp3) is 0. The fourth-order valence-corrected chi connectivity index (χ4v) is 3.45. The smallest absolute Gasteiger partial charge is 0.410 e. The molecule has 4 aromatic carbocycles. The number of ether oxygens (including phenoxy) is 4. The molecule has 13 heteroatoms. The second-order valence-corrected chi connectivity index (χ2v) is 7.15. The summed E-state index contributed by atoms with van der Waals surface area (Å²) in [7, 11) is 0. The Labute approximate surface area is 207 Å². The molecule has 6 N–H and O–H groups in total. The number of hydrogen-bond acceptors (Lipinski definition) is 9. The van der Waals surface area contributed by atoms with Crippen LogP contribution in [-0.2, 0) is 4.94 Å². The molecule has 0 spiro atoms. The zero-order valence-electron chi connectivity index (χ0n) is 18.8. The molecule has 188 valence electrons. The van der Waals surface area contributed by atoms with E-state index in [4.69, 9.17) is 30.4 Å². The minimum absolute atomic E-state index is 0.0239. The summed E-state index contributed by atoms with van der Waals surface area (Å²) in [5.74, 6) is 0.197. The Bertz CT molecular complexity index is 1400. The Hall–Kier alpha value is -5.56. The molecule has 13 nitrogen and oxygen atoms in total. The molecule has 0 radical (unpaired) electrons. The molecule has 4 aromatic rings. The van der Waals surface area contributed by atoms with Crippen molar-refractivity contribution in [1.82, 2.24) is 11.0 Å². The van der Waals surface area contributed by atoms with E-state index in [1.807, 2.05) is 11.0 Å². The maximum atomic E-state index is 12.2. The van der Waals surface area contributed by atoms with Crippen LogP contribution in [-0.4, -0.2) is 24.4 Å². The molecule has 0 aromatic heterocycles. The molecule has 0 unspecified atom stereocenters. The molecular formula is C24H18N4O9. The van der Waals surface area contributed by atoms with Crippen molar-refractivity contribution in [2.45, 2.75) is 0 Å². The van der Waals surface area contributed by atoms with Crippen LogP contribution in [0.25, 0.3) is 21.5 Å². The highest BCUT2D eigenvalue weighted by atomic mass is 16.8. The highest BCUT2D eigenvalue weighted by Crippen LogP contribution is 2.35. The quantitative estimate of drug-likeness (QED) is 0.283. The van der Waals surface area contributed by atoms with Gasteiger partial charge >= 0.3 is 24.4 Å². The molecular weight excluding hydrogens is 488 g/mol.